The summed E-state index contributed by atoms with van der Waals surface area (Å²) in [7, 11) is -4.23. The number of sulfonamides is 1. The topological polar surface area (TPSA) is 86.8 Å². The Kier molecular flexibility index (Phi) is 10.5. The fourth-order valence-corrected chi connectivity index (χ4v) is 5.91. The Bertz CT molecular complexity index is 1470. The molecule has 0 aromatic heterocycles. The minimum atomic E-state index is -4.23. The van der Waals surface area contributed by atoms with Gasteiger partial charge in [0.2, 0.25) is 11.8 Å². The normalized spacial score (nSPS) is 12.1. The lowest BCUT2D eigenvalue weighted by molar-refractivity contribution is -0.139. The van der Waals surface area contributed by atoms with Gasteiger partial charge < -0.3 is 10.2 Å². The fraction of sp³-hybridized carbons (Fsp3) is 0.259. The quantitative estimate of drug-likeness (QED) is 0.283. The first-order chi connectivity index (χ1) is 18.3. The van der Waals surface area contributed by atoms with Crippen molar-refractivity contribution in [1.29, 1.82) is 0 Å². The lowest BCUT2D eigenvalue weighted by Gasteiger charge is -2.32. The standard InChI is InChI=1S/C27H27Cl4N3O4S/c1-4-32-27(36)18(3)33(15-19-7-8-20(28)13-24(19)30)26(35)16-34(21-9-12-23(29)25(31)14-21)39(37,38)22-10-5-17(2)6-11-22/h5-14,18H,4,15-16H2,1-3H3,(H,32,36). The third-order valence-electron chi connectivity index (χ3n) is 5.95. The van der Waals surface area contributed by atoms with Crippen molar-refractivity contribution in [2.75, 3.05) is 17.4 Å². The maximum Gasteiger partial charge on any atom is 0.264 e. The molecule has 3 aromatic rings. The van der Waals surface area contributed by atoms with E-state index < -0.39 is 34.4 Å². The molecule has 1 N–H and O–H groups in total. The van der Waals surface area contributed by atoms with E-state index in [4.69, 9.17) is 46.4 Å². The summed E-state index contributed by atoms with van der Waals surface area (Å²) < 4.78 is 28.6. The van der Waals surface area contributed by atoms with Crippen molar-refractivity contribution < 1.29 is 18.0 Å². The van der Waals surface area contributed by atoms with Crippen LogP contribution in [-0.4, -0.2) is 44.3 Å². The molecule has 2 amide bonds. The summed E-state index contributed by atoms with van der Waals surface area (Å²) in [5, 5.41) is 3.75. The van der Waals surface area contributed by atoms with E-state index in [9.17, 15) is 18.0 Å². The Morgan fingerprint density at radius 1 is 0.897 bits per heavy atom. The van der Waals surface area contributed by atoms with Gasteiger partial charge in [0.1, 0.15) is 12.6 Å². The van der Waals surface area contributed by atoms with Gasteiger partial charge in [-0.25, -0.2) is 8.42 Å². The second kappa shape index (κ2) is 13.2. The first-order valence-electron chi connectivity index (χ1n) is 11.9. The van der Waals surface area contributed by atoms with E-state index in [0.29, 0.717) is 22.2 Å². The number of hydrogen-bond acceptors (Lipinski definition) is 4. The molecule has 39 heavy (non-hydrogen) atoms. The number of nitrogens with one attached hydrogen (secondary N) is 1. The number of hydrogen-bond donors (Lipinski definition) is 1. The molecule has 0 spiro atoms. The van der Waals surface area contributed by atoms with E-state index in [1.807, 2.05) is 6.92 Å². The highest BCUT2D eigenvalue weighted by Crippen LogP contribution is 2.31. The van der Waals surface area contributed by atoms with Crippen molar-refractivity contribution in [2.24, 2.45) is 0 Å². The first kappa shape index (κ1) is 31.0. The van der Waals surface area contributed by atoms with E-state index in [1.54, 1.807) is 38.1 Å². The van der Waals surface area contributed by atoms with Crippen molar-refractivity contribution in [2.45, 2.75) is 38.3 Å². The van der Waals surface area contributed by atoms with Gasteiger partial charge in [0.05, 0.1) is 20.6 Å². The second-order valence-corrected chi connectivity index (χ2v) is 12.3. The highest BCUT2D eigenvalue weighted by molar-refractivity contribution is 7.92. The fourth-order valence-electron chi connectivity index (χ4n) is 3.74. The lowest BCUT2D eigenvalue weighted by atomic mass is 10.1. The first-order valence-corrected chi connectivity index (χ1v) is 14.9. The average Bonchev–Trinajstić information content (AvgIpc) is 2.88. The van der Waals surface area contributed by atoms with Gasteiger partial charge in [0.25, 0.3) is 10.0 Å². The Morgan fingerprint density at radius 2 is 1.56 bits per heavy atom. The number of carbonyl (C=O) groups is 2. The highest BCUT2D eigenvalue weighted by Gasteiger charge is 2.33. The molecule has 0 aliphatic carbocycles. The number of carbonyl (C=O) groups excluding carboxylic acids is 2. The van der Waals surface area contributed by atoms with Crippen LogP contribution in [0.4, 0.5) is 5.69 Å². The zero-order valence-electron chi connectivity index (χ0n) is 21.4. The van der Waals surface area contributed by atoms with Crippen molar-refractivity contribution in [3.05, 3.63) is 91.9 Å². The van der Waals surface area contributed by atoms with Crippen LogP contribution < -0.4 is 9.62 Å². The summed E-state index contributed by atoms with van der Waals surface area (Å²) in [5.41, 5.74) is 1.54. The number of amides is 2. The Balaban J connectivity index is 2.07. The maximum absolute atomic E-state index is 13.9. The van der Waals surface area contributed by atoms with E-state index in [2.05, 4.69) is 5.32 Å². The molecule has 0 fully saturated rings. The van der Waals surface area contributed by atoms with E-state index >= 15 is 0 Å². The lowest BCUT2D eigenvalue weighted by Crippen LogP contribution is -2.51. The molecule has 7 nitrogen and oxygen atoms in total. The number of aryl methyl sites for hydroxylation is 1. The smallest absolute Gasteiger partial charge is 0.264 e. The van der Waals surface area contributed by atoms with Crippen molar-refractivity contribution in [1.82, 2.24) is 10.2 Å². The van der Waals surface area contributed by atoms with Crippen molar-refractivity contribution >= 4 is 73.9 Å². The Labute approximate surface area is 248 Å². The maximum atomic E-state index is 13.9. The molecule has 0 bridgehead atoms. The molecule has 3 rings (SSSR count). The molecule has 0 heterocycles. The zero-order valence-corrected chi connectivity index (χ0v) is 25.3. The van der Waals surface area contributed by atoms with Crippen LogP contribution in [0.15, 0.2) is 65.6 Å². The number of rotatable bonds is 10. The Morgan fingerprint density at radius 3 is 2.15 bits per heavy atom. The molecule has 12 heteroatoms. The summed E-state index contributed by atoms with van der Waals surface area (Å²) in [6, 6.07) is 14.4. The van der Waals surface area contributed by atoms with Gasteiger partial charge in [-0.2, -0.15) is 0 Å². The number of nitrogens with zero attached hydrogens (tertiary/aromatic N) is 2. The predicted octanol–water partition coefficient (Wildman–Crippen LogP) is 6.36. The van der Waals surface area contributed by atoms with Crippen LogP contribution in [-0.2, 0) is 26.2 Å². The average molecular weight is 631 g/mol. The predicted molar refractivity (Wildman–Crippen MR) is 157 cm³/mol. The van der Waals surface area contributed by atoms with Crippen LogP contribution in [0, 0.1) is 6.92 Å². The summed E-state index contributed by atoms with van der Waals surface area (Å²) in [5.74, 6) is -1.04. The van der Waals surface area contributed by atoms with Crippen LogP contribution in [0.1, 0.15) is 25.0 Å². The number of anilines is 1. The summed E-state index contributed by atoms with van der Waals surface area (Å²) in [6.45, 7) is 4.82. The van der Waals surface area contributed by atoms with Crippen molar-refractivity contribution in [3.8, 4) is 0 Å². The molecular formula is C27H27Cl4N3O4S. The molecule has 3 aromatic carbocycles. The number of likely N-dealkylation sites (N-methyl/N-ethyl adjacent to an activating group) is 1. The number of benzene rings is 3. The monoisotopic (exact) mass is 629 g/mol. The van der Waals surface area contributed by atoms with Gasteiger partial charge >= 0.3 is 0 Å². The SMILES string of the molecule is CCNC(=O)C(C)N(Cc1ccc(Cl)cc1Cl)C(=O)CN(c1ccc(Cl)c(Cl)c1)S(=O)(=O)c1ccc(C)cc1. The molecule has 0 saturated heterocycles. The number of halogens is 4. The summed E-state index contributed by atoms with van der Waals surface area (Å²) >= 11 is 24.7. The summed E-state index contributed by atoms with van der Waals surface area (Å²) in [6.07, 6.45) is 0. The molecule has 0 aliphatic rings. The van der Waals surface area contributed by atoms with Gasteiger partial charge in [-0.3, -0.25) is 13.9 Å². The van der Waals surface area contributed by atoms with E-state index in [1.165, 1.54) is 41.3 Å². The molecule has 0 saturated carbocycles. The molecule has 0 radical (unpaired) electrons. The van der Waals surface area contributed by atoms with E-state index in [0.717, 1.165) is 9.87 Å². The second-order valence-electron chi connectivity index (χ2n) is 8.75. The van der Waals surface area contributed by atoms with Crippen LogP contribution in [0.5, 0.6) is 0 Å². The van der Waals surface area contributed by atoms with Gasteiger partial charge in [-0.05, 0) is 68.8 Å². The molecule has 1 unspecified atom stereocenters. The van der Waals surface area contributed by atoms with E-state index in [-0.39, 0.29) is 27.2 Å². The highest BCUT2D eigenvalue weighted by atomic mass is 35.5. The molecular weight excluding hydrogens is 604 g/mol. The van der Waals surface area contributed by atoms with Crippen LogP contribution >= 0.6 is 46.4 Å². The summed E-state index contributed by atoms with van der Waals surface area (Å²) in [4.78, 5) is 27.9. The third-order valence-corrected chi connectivity index (χ3v) is 9.07. The van der Waals surface area contributed by atoms with Gasteiger partial charge in [-0.1, -0.05) is 70.2 Å². The Hall–Kier alpha value is -2.49. The third kappa shape index (κ3) is 7.58. The minimum Gasteiger partial charge on any atom is -0.355 e. The minimum absolute atomic E-state index is 0.0176. The van der Waals surface area contributed by atoms with Gasteiger partial charge in [0, 0.05) is 23.1 Å². The largest absolute Gasteiger partial charge is 0.355 e. The zero-order chi connectivity index (χ0) is 28.9. The molecule has 1 atom stereocenters. The molecule has 0 aliphatic heterocycles. The molecule has 208 valence electrons. The van der Waals surface area contributed by atoms with Crippen LogP contribution in [0.25, 0.3) is 0 Å². The van der Waals surface area contributed by atoms with Crippen LogP contribution in [0.2, 0.25) is 20.1 Å². The van der Waals surface area contributed by atoms with Crippen LogP contribution in [0.3, 0.4) is 0 Å². The van der Waals surface area contributed by atoms with Gasteiger partial charge in [-0.15, -0.1) is 0 Å². The van der Waals surface area contributed by atoms with Gasteiger partial charge in [0.15, 0.2) is 0 Å². The van der Waals surface area contributed by atoms with Crippen molar-refractivity contribution in [3.63, 3.8) is 0 Å².